The zero-order chi connectivity index (χ0) is 10.1. The summed E-state index contributed by atoms with van der Waals surface area (Å²) in [5.74, 6) is 1.80. The van der Waals surface area contributed by atoms with Crippen molar-refractivity contribution in [2.45, 2.75) is 26.7 Å². The van der Waals surface area contributed by atoms with Gasteiger partial charge in [0.25, 0.3) is 0 Å². The maximum atomic E-state index is 5.47. The van der Waals surface area contributed by atoms with Crippen molar-refractivity contribution in [3.63, 3.8) is 0 Å². The number of hydrogen-bond acceptors (Lipinski definition) is 3. The van der Waals surface area contributed by atoms with Gasteiger partial charge < -0.3 is 16.2 Å². The highest BCUT2D eigenvalue weighted by Gasteiger charge is 1.91. The molecule has 0 fully saturated rings. The summed E-state index contributed by atoms with van der Waals surface area (Å²) >= 11 is 0. The highest BCUT2D eigenvalue weighted by atomic mass is 16.5. The van der Waals surface area contributed by atoms with Crippen molar-refractivity contribution in [1.29, 1.82) is 0 Å². The van der Waals surface area contributed by atoms with Gasteiger partial charge in [0, 0.05) is 0 Å². The first-order valence-corrected chi connectivity index (χ1v) is 4.62. The summed E-state index contributed by atoms with van der Waals surface area (Å²) in [7, 11) is 0. The second kappa shape index (κ2) is 7.83. The Labute approximate surface area is 80.4 Å². The van der Waals surface area contributed by atoms with E-state index in [9.17, 15) is 0 Å². The Morgan fingerprint density at radius 3 is 1.69 bits per heavy atom. The predicted octanol–water partition coefficient (Wildman–Crippen LogP) is 1.51. The second-order valence-corrected chi connectivity index (χ2v) is 2.89. The first-order valence-electron chi connectivity index (χ1n) is 4.62. The molecule has 0 atom stereocenters. The van der Waals surface area contributed by atoms with Crippen LogP contribution in [0.3, 0.4) is 0 Å². The summed E-state index contributed by atoms with van der Waals surface area (Å²) in [6.07, 6.45) is 5.69. The molecule has 0 aliphatic rings. The van der Waals surface area contributed by atoms with E-state index in [2.05, 4.69) is 0 Å². The molecule has 0 saturated carbocycles. The molecule has 3 nitrogen and oxygen atoms in total. The van der Waals surface area contributed by atoms with Gasteiger partial charge in [0.2, 0.25) is 0 Å². The van der Waals surface area contributed by atoms with Crippen LogP contribution < -0.4 is 11.5 Å². The number of allylic oxidation sites excluding steroid dienone is 2. The third kappa shape index (κ3) is 7.56. The highest BCUT2D eigenvalue weighted by molar-refractivity contribution is 4.97. The molecule has 0 amide bonds. The van der Waals surface area contributed by atoms with E-state index in [1.54, 1.807) is 0 Å². The molecule has 76 valence electrons. The van der Waals surface area contributed by atoms with Crippen molar-refractivity contribution < 1.29 is 4.74 Å². The average molecular weight is 184 g/mol. The van der Waals surface area contributed by atoms with Gasteiger partial charge in [0.05, 0.1) is 11.5 Å². The Kier molecular flexibility index (Phi) is 7.35. The summed E-state index contributed by atoms with van der Waals surface area (Å²) in [6.45, 7) is 5.17. The fraction of sp³-hybridized carbons (Fsp3) is 0.600. The van der Waals surface area contributed by atoms with E-state index in [0.29, 0.717) is 13.1 Å². The van der Waals surface area contributed by atoms with Crippen molar-refractivity contribution in [3.05, 3.63) is 23.7 Å². The van der Waals surface area contributed by atoms with Gasteiger partial charge in [0.1, 0.15) is 0 Å². The smallest absolute Gasteiger partial charge is 0.0965 e. The molecule has 0 heterocycles. The van der Waals surface area contributed by atoms with Crippen LogP contribution in [0, 0.1) is 0 Å². The van der Waals surface area contributed by atoms with Gasteiger partial charge in [-0.15, -0.1) is 0 Å². The minimum atomic E-state index is 0.659. The zero-order valence-corrected chi connectivity index (χ0v) is 8.55. The summed E-state index contributed by atoms with van der Waals surface area (Å²) in [5, 5.41) is 0. The lowest BCUT2D eigenvalue weighted by Gasteiger charge is -2.05. The van der Waals surface area contributed by atoms with Crippen LogP contribution >= 0.6 is 0 Å². The largest absolute Gasteiger partial charge is 0.467 e. The monoisotopic (exact) mass is 184 g/mol. The topological polar surface area (TPSA) is 61.3 Å². The van der Waals surface area contributed by atoms with Crippen LogP contribution in [0.4, 0.5) is 0 Å². The maximum Gasteiger partial charge on any atom is 0.0965 e. The van der Waals surface area contributed by atoms with E-state index in [1.807, 2.05) is 26.0 Å². The van der Waals surface area contributed by atoms with E-state index in [1.165, 1.54) is 0 Å². The average Bonchev–Trinajstić information content (AvgIpc) is 2.11. The molecule has 0 spiro atoms. The van der Waals surface area contributed by atoms with Gasteiger partial charge in [-0.25, -0.2) is 0 Å². The minimum Gasteiger partial charge on any atom is -0.467 e. The van der Waals surface area contributed by atoms with E-state index < -0.39 is 0 Å². The summed E-state index contributed by atoms with van der Waals surface area (Å²) < 4.78 is 5.47. The summed E-state index contributed by atoms with van der Waals surface area (Å²) in [4.78, 5) is 0. The van der Waals surface area contributed by atoms with Crippen LogP contribution in [0.15, 0.2) is 23.7 Å². The molecule has 13 heavy (non-hydrogen) atoms. The Balaban J connectivity index is 3.82. The van der Waals surface area contributed by atoms with Crippen LogP contribution in [0.25, 0.3) is 0 Å². The molecule has 0 unspecified atom stereocenters. The Morgan fingerprint density at radius 2 is 1.38 bits per heavy atom. The quantitative estimate of drug-likeness (QED) is 0.615. The molecule has 4 N–H and O–H groups in total. The lowest BCUT2D eigenvalue weighted by molar-refractivity contribution is 0.305. The zero-order valence-electron chi connectivity index (χ0n) is 8.55. The lowest BCUT2D eigenvalue weighted by atomic mass is 10.3. The SMILES string of the molecule is CC(=CCCN)OC(C)=CCCN. The first-order chi connectivity index (χ1) is 6.20. The van der Waals surface area contributed by atoms with Gasteiger partial charge in [-0.05, 0) is 51.9 Å². The predicted molar refractivity (Wildman–Crippen MR) is 55.9 cm³/mol. The molecule has 0 aromatic carbocycles. The van der Waals surface area contributed by atoms with Gasteiger partial charge in [-0.1, -0.05) is 0 Å². The van der Waals surface area contributed by atoms with Gasteiger partial charge >= 0.3 is 0 Å². The normalized spacial score (nSPS) is 13.2. The molecule has 0 bridgehead atoms. The summed E-state index contributed by atoms with van der Waals surface area (Å²) in [5.41, 5.74) is 10.7. The van der Waals surface area contributed by atoms with E-state index >= 15 is 0 Å². The van der Waals surface area contributed by atoms with Gasteiger partial charge in [-0.3, -0.25) is 0 Å². The van der Waals surface area contributed by atoms with Crippen molar-refractivity contribution in [2.75, 3.05) is 13.1 Å². The Bertz CT molecular complexity index is 165. The van der Waals surface area contributed by atoms with Crippen LogP contribution in [-0.4, -0.2) is 13.1 Å². The first kappa shape index (κ1) is 12.2. The number of ether oxygens (including phenoxy) is 1. The second-order valence-electron chi connectivity index (χ2n) is 2.89. The molecule has 0 aromatic heterocycles. The van der Waals surface area contributed by atoms with E-state index in [0.717, 1.165) is 24.4 Å². The van der Waals surface area contributed by atoms with Crippen LogP contribution in [0.5, 0.6) is 0 Å². The van der Waals surface area contributed by atoms with Crippen molar-refractivity contribution in [3.8, 4) is 0 Å². The van der Waals surface area contributed by atoms with Gasteiger partial charge in [-0.2, -0.15) is 0 Å². The lowest BCUT2D eigenvalue weighted by Crippen LogP contribution is -1.98. The van der Waals surface area contributed by atoms with E-state index in [4.69, 9.17) is 16.2 Å². The molecular weight excluding hydrogens is 164 g/mol. The molecule has 0 aromatic rings. The molecule has 0 aliphatic heterocycles. The van der Waals surface area contributed by atoms with Crippen LogP contribution in [0.2, 0.25) is 0 Å². The molecule has 0 saturated heterocycles. The molecule has 0 aliphatic carbocycles. The molecular formula is C10H20N2O. The van der Waals surface area contributed by atoms with Crippen molar-refractivity contribution >= 4 is 0 Å². The number of nitrogens with two attached hydrogens (primary N) is 2. The standard InChI is InChI=1S/C10H20N2O/c1-9(5-3-7-11)13-10(2)6-4-8-12/h5-6H,3-4,7-8,11-12H2,1-2H3. The highest BCUT2D eigenvalue weighted by Crippen LogP contribution is 2.06. The molecule has 0 rings (SSSR count). The van der Waals surface area contributed by atoms with E-state index in [-0.39, 0.29) is 0 Å². The summed E-state index contributed by atoms with van der Waals surface area (Å²) in [6, 6.07) is 0. The fourth-order valence-electron chi connectivity index (χ4n) is 0.910. The Hall–Kier alpha value is -0.800. The van der Waals surface area contributed by atoms with Crippen LogP contribution in [-0.2, 0) is 4.74 Å². The Morgan fingerprint density at radius 1 is 1.00 bits per heavy atom. The fourth-order valence-corrected chi connectivity index (χ4v) is 0.910. The van der Waals surface area contributed by atoms with Crippen LogP contribution in [0.1, 0.15) is 26.7 Å². The third-order valence-electron chi connectivity index (χ3n) is 1.52. The van der Waals surface area contributed by atoms with Crippen molar-refractivity contribution in [2.24, 2.45) is 11.5 Å². The van der Waals surface area contributed by atoms with Gasteiger partial charge in [0.15, 0.2) is 0 Å². The molecule has 0 radical (unpaired) electrons. The maximum absolute atomic E-state index is 5.47. The third-order valence-corrected chi connectivity index (χ3v) is 1.52. The molecule has 3 heteroatoms. The minimum absolute atomic E-state index is 0.659. The number of hydrogen-bond donors (Lipinski definition) is 2. The van der Waals surface area contributed by atoms with Crippen molar-refractivity contribution in [1.82, 2.24) is 0 Å². The number of rotatable bonds is 6.